The lowest BCUT2D eigenvalue weighted by Crippen LogP contribution is -3.61. The molecule has 0 spiro atoms. The summed E-state index contributed by atoms with van der Waals surface area (Å²) in [6.07, 6.45) is 1.75. The molecule has 4 nitrogen and oxygen atoms in total. The van der Waals surface area contributed by atoms with Gasteiger partial charge in [-0.1, -0.05) is 48.6 Å². The highest BCUT2D eigenvalue weighted by molar-refractivity contribution is 7.85. The summed E-state index contributed by atoms with van der Waals surface area (Å²) in [5.74, 6) is 0.908. The van der Waals surface area contributed by atoms with Gasteiger partial charge in [0.2, 0.25) is 0 Å². The molecule has 0 saturated heterocycles. The minimum atomic E-state index is -4.27. The molecular formula is C22H21IO4S. The summed E-state index contributed by atoms with van der Waals surface area (Å²) < 4.78 is 39.5. The van der Waals surface area contributed by atoms with Gasteiger partial charge in [-0.05, 0) is 55.5 Å². The molecule has 0 aliphatic heterocycles. The van der Waals surface area contributed by atoms with Gasteiger partial charge in [0.15, 0.2) is 7.14 Å². The van der Waals surface area contributed by atoms with Crippen LogP contribution in [0.4, 0.5) is 0 Å². The Bertz CT molecular complexity index is 967. The van der Waals surface area contributed by atoms with Gasteiger partial charge in [-0.25, -0.2) is 8.42 Å². The van der Waals surface area contributed by atoms with Gasteiger partial charge in [-0.2, -0.15) is 0 Å². The maximum Gasteiger partial charge on any atom is 0.357 e. The van der Waals surface area contributed by atoms with Crippen LogP contribution < -0.4 is 25.9 Å². The molecule has 0 bridgehead atoms. The average molecular weight is 508 g/mol. The number of benzene rings is 3. The minimum absolute atomic E-state index is 0.0734. The molecule has 0 heterocycles. The summed E-state index contributed by atoms with van der Waals surface area (Å²) in [5.41, 5.74) is 0.928. The second-order valence-electron chi connectivity index (χ2n) is 5.71. The fourth-order valence-corrected chi connectivity index (χ4v) is 4.74. The van der Waals surface area contributed by atoms with Gasteiger partial charge in [-0.3, -0.25) is 0 Å². The predicted molar refractivity (Wildman–Crippen MR) is 105 cm³/mol. The molecule has 0 aliphatic carbocycles. The van der Waals surface area contributed by atoms with Gasteiger partial charge in [-0.15, -0.1) is 0 Å². The van der Waals surface area contributed by atoms with Crippen LogP contribution in [-0.4, -0.2) is 19.6 Å². The number of aryl methyl sites for hydroxylation is 1. The van der Waals surface area contributed by atoms with Crippen LogP contribution in [0, 0.1) is 14.1 Å². The number of rotatable bonds is 6. The van der Waals surface area contributed by atoms with Crippen molar-refractivity contribution < 1.29 is 38.9 Å². The zero-order chi connectivity index (χ0) is 20.4. The molecule has 0 atom stereocenters. The van der Waals surface area contributed by atoms with E-state index in [1.165, 1.54) is 19.3 Å². The van der Waals surface area contributed by atoms with Crippen molar-refractivity contribution in [2.24, 2.45) is 0 Å². The van der Waals surface area contributed by atoms with Crippen molar-refractivity contribution in [2.45, 2.75) is 11.8 Å². The first-order valence-electron chi connectivity index (χ1n) is 8.44. The Hall–Kier alpha value is -2.16. The van der Waals surface area contributed by atoms with Crippen LogP contribution in [0.3, 0.4) is 0 Å². The Labute approximate surface area is 176 Å². The van der Waals surface area contributed by atoms with E-state index in [-0.39, 0.29) is 26.1 Å². The minimum Gasteiger partial charge on any atom is -0.744 e. The Morgan fingerprint density at radius 1 is 0.929 bits per heavy atom. The van der Waals surface area contributed by atoms with Gasteiger partial charge >= 0.3 is 21.2 Å². The van der Waals surface area contributed by atoms with Crippen LogP contribution in [-0.2, 0) is 10.1 Å². The molecule has 0 radical (unpaired) electrons. The summed E-state index contributed by atoms with van der Waals surface area (Å²) in [6.45, 7) is 6.01. The lowest BCUT2D eigenvalue weighted by molar-refractivity contribution is -0.597. The maximum atomic E-state index is 10.4. The van der Waals surface area contributed by atoms with E-state index in [4.69, 9.17) is 4.74 Å². The third-order valence-corrected chi connectivity index (χ3v) is 6.98. The summed E-state index contributed by atoms with van der Waals surface area (Å²) in [4.78, 5) is -0.178. The van der Waals surface area contributed by atoms with Crippen molar-refractivity contribution in [1.29, 1.82) is 0 Å². The Kier molecular flexibility index (Phi) is 8.69. The van der Waals surface area contributed by atoms with Crippen molar-refractivity contribution in [3.05, 3.63) is 104 Å². The standard InChI is InChI=1S/C15H14IO.C7H8O3S/c1-2-12-17-15-10-8-14(9-11-15)16-13-6-4-3-5-7-13;1-6-2-4-7(5-3-6)11(8,9)10/h2-11H,1,12H2;2-5H,1H3,(H,8,9,10)/q+1;/p-1. The quantitative estimate of drug-likeness (QED) is 0.286. The van der Waals surface area contributed by atoms with E-state index in [0.29, 0.717) is 6.61 Å². The zero-order valence-electron chi connectivity index (χ0n) is 15.4. The van der Waals surface area contributed by atoms with Crippen LogP contribution in [0.1, 0.15) is 5.56 Å². The van der Waals surface area contributed by atoms with Crippen LogP contribution >= 0.6 is 0 Å². The van der Waals surface area contributed by atoms with Crippen LogP contribution in [0.5, 0.6) is 5.75 Å². The van der Waals surface area contributed by atoms with Crippen molar-refractivity contribution >= 4 is 10.1 Å². The highest BCUT2D eigenvalue weighted by Crippen LogP contribution is 2.09. The molecule has 3 aromatic carbocycles. The van der Waals surface area contributed by atoms with Crippen molar-refractivity contribution in [3.8, 4) is 5.75 Å². The smallest absolute Gasteiger partial charge is 0.357 e. The maximum absolute atomic E-state index is 10.4. The van der Waals surface area contributed by atoms with Gasteiger partial charge in [0, 0.05) is 0 Å². The first kappa shape index (κ1) is 22.1. The monoisotopic (exact) mass is 508 g/mol. The predicted octanol–water partition coefficient (Wildman–Crippen LogP) is 1.28. The van der Waals surface area contributed by atoms with Gasteiger partial charge < -0.3 is 9.29 Å². The Morgan fingerprint density at radius 2 is 1.50 bits per heavy atom. The van der Waals surface area contributed by atoms with Crippen molar-refractivity contribution in [2.75, 3.05) is 6.61 Å². The molecule has 0 aromatic heterocycles. The molecule has 3 rings (SSSR count). The van der Waals surface area contributed by atoms with E-state index >= 15 is 0 Å². The topological polar surface area (TPSA) is 66.4 Å². The lowest BCUT2D eigenvalue weighted by Gasteiger charge is -2.05. The molecule has 0 unspecified atom stereocenters. The molecule has 0 amide bonds. The highest BCUT2D eigenvalue weighted by atomic mass is 127. The summed E-state index contributed by atoms with van der Waals surface area (Å²) >= 11 is -0.0734. The summed E-state index contributed by atoms with van der Waals surface area (Å²) in [7, 11) is -4.27. The zero-order valence-corrected chi connectivity index (χ0v) is 18.4. The fourth-order valence-electron chi connectivity index (χ4n) is 2.06. The van der Waals surface area contributed by atoms with E-state index in [1.807, 2.05) is 19.1 Å². The number of hydrogen-bond donors (Lipinski definition) is 0. The summed E-state index contributed by atoms with van der Waals surface area (Å²) in [6, 6.07) is 24.8. The van der Waals surface area contributed by atoms with Crippen LogP contribution in [0.25, 0.3) is 0 Å². The largest absolute Gasteiger partial charge is 0.744 e. The molecule has 146 valence electrons. The van der Waals surface area contributed by atoms with E-state index in [9.17, 15) is 13.0 Å². The van der Waals surface area contributed by atoms with Crippen molar-refractivity contribution in [1.82, 2.24) is 0 Å². The van der Waals surface area contributed by atoms with Gasteiger partial charge in [0.05, 0.1) is 4.90 Å². The second-order valence-corrected chi connectivity index (χ2v) is 10.1. The van der Waals surface area contributed by atoms with Crippen LogP contribution in [0.15, 0.2) is 96.4 Å². The second kappa shape index (κ2) is 11.0. The summed E-state index contributed by atoms with van der Waals surface area (Å²) in [5, 5.41) is 0. The molecule has 28 heavy (non-hydrogen) atoms. The Balaban J connectivity index is 0.000000221. The third-order valence-electron chi connectivity index (χ3n) is 3.44. The third kappa shape index (κ3) is 7.84. The molecule has 0 N–H and O–H groups in total. The number of halogens is 1. The van der Waals surface area contributed by atoms with E-state index < -0.39 is 10.1 Å². The first-order chi connectivity index (χ1) is 13.4. The molecule has 6 heteroatoms. The van der Waals surface area contributed by atoms with Crippen LogP contribution in [0.2, 0.25) is 0 Å². The number of hydrogen-bond acceptors (Lipinski definition) is 4. The van der Waals surface area contributed by atoms with E-state index in [2.05, 4.69) is 49.0 Å². The molecule has 0 aliphatic rings. The fraction of sp³-hybridized carbons (Fsp3) is 0.0909. The molecule has 0 fully saturated rings. The average Bonchev–Trinajstić information content (AvgIpc) is 2.68. The normalized spacial score (nSPS) is 10.5. The van der Waals surface area contributed by atoms with E-state index in [1.54, 1.807) is 18.2 Å². The lowest BCUT2D eigenvalue weighted by atomic mass is 10.2. The number of ether oxygens (including phenoxy) is 1. The van der Waals surface area contributed by atoms with Gasteiger partial charge in [0.1, 0.15) is 22.5 Å². The van der Waals surface area contributed by atoms with E-state index in [0.717, 1.165) is 11.3 Å². The molecular weight excluding hydrogens is 487 g/mol. The first-order valence-corrected chi connectivity index (χ1v) is 12.0. The van der Waals surface area contributed by atoms with Crippen molar-refractivity contribution in [3.63, 3.8) is 0 Å². The Morgan fingerprint density at radius 3 is 2.04 bits per heavy atom. The molecule has 3 aromatic rings. The SMILES string of the molecule is C=CCOc1ccc([I+]c2ccccc2)cc1.Cc1ccc(S(=O)(=O)[O-])cc1. The van der Waals surface area contributed by atoms with Gasteiger partial charge in [0.25, 0.3) is 0 Å². The highest BCUT2D eigenvalue weighted by Gasteiger charge is 2.14. The molecule has 0 saturated carbocycles.